The molecule has 2 heterocycles. The number of rotatable bonds is 7. The Kier molecular flexibility index (Phi) is 5.58. The van der Waals surface area contributed by atoms with Gasteiger partial charge in [0, 0.05) is 12.7 Å². The van der Waals surface area contributed by atoms with Crippen LogP contribution in [0.25, 0.3) is 6.08 Å². The van der Waals surface area contributed by atoms with Gasteiger partial charge in [0.15, 0.2) is 5.78 Å². The van der Waals surface area contributed by atoms with Gasteiger partial charge in [-0.15, -0.1) is 0 Å². The summed E-state index contributed by atoms with van der Waals surface area (Å²) < 4.78 is 13.1. The van der Waals surface area contributed by atoms with E-state index >= 15 is 0 Å². The molecule has 6 heteroatoms. The fourth-order valence-corrected chi connectivity index (χ4v) is 2.70. The lowest BCUT2D eigenvalue weighted by atomic mass is 10.2. The normalized spacial score (nSPS) is 11.2. The van der Waals surface area contributed by atoms with E-state index in [1.807, 2.05) is 32.0 Å². The minimum atomic E-state index is -0.120. The summed E-state index contributed by atoms with van der Waals surface area (Å²) in [5.41, 5.74) is 1.51. The van der Waals surface area contributed by atoms with E-state index in [1.54, 1.807) is 35.3 Å². The van der Waals surface area contributed by atoms with Gasteiger partial charge in [0.1, 0.15) is 23.9 Å². The number of furan rings is 1. The zero-order chi connectivity index (χ0) is 18.5. The van der Waals surface area contributed by atoms with Gasteiger partial charge in [0.05, 0.1) is 16.8 Å². The van der Waals surface area contributed by atoms with Crippen LogP contribution in [-0.2, 0) is 13.2 Å². The van der Waals surface area contributed by atoms with Gasteiger partial charge in [-0.25, -0.2) is 0 Å². The number of nitrogens with zero attached hydrogens (tertiary/aromatic N) is 2. The lowest BCUT2D eigenvalue weighted by Gasteiger charge is -2.09. The van der Waals surface area contributed by atoms with Gasteiger partial charge in [-0.3, -0.25) is 9.48 Å². The fourth-order valence-electron chi connectivity index (χ4n) is 2.42. The van der Waals surface area contributed by atoms with Crippen molar-refractivity contribution in [2.75, 3.05) is 0 Å². The Morgan fingerprint density at radius 3 is 2.92 bits per heavy atom. The van der Waals surface area contributed by atoms with Crippen molar-refractivity contribution < 1.29 is 13.9 Å². The number of aryl methyl sites for hydroxylation is 2. The van der Waals surface area contributed by atoms with Crippen LogP contribution in [0.3, 0.4) is 0 Å². The maximum Gasteiger partial charge on any atom is 0.189 e. The zero-order valence-electron chi connectivity index (χ0n) is 14.6. The van der Waals surface area contributed by atoms with E-state index in [0.717, 1.165) is 12.1 Å². The zero-order valence-corrected chi connectivity index (χ0v) is 15.4. The number of carbonyl (C=O) groups excluding carboxylic acids is 1. The maximum atomic E-state index is 12.1. The molecular weight excluding hydrogens is 352 g/mol. The summed E-state index contributed by atoms with van der Waals surface area (Å²) in [7, 11) is 0. The number of halogens is 1. The monoisotopic (exact) mass is 370 g/mol. The molecule has 2 aromatic heterocycles. The second kappa shape index (κ2) is 8.06. The first-order valence-corrected chi connectivity index (χ1v) is 8.66. The van der Waals surface area contributed by atoms with E-state index < -0.39 is 0 Å². The third kappa shape index (κ3) is 4.24. The first-order chi connectivity index (χ1) is 12.6. The van der Waals surface area contributed by atoms with Crippen LogP contribution >= 0.6 is 11.6 Å². The van der Waals surface area contributed by atoms with Gasteiger partial charge in [-0.2, -0.15) is 5.10 Å². The molecule has 0 saturated carbocycles. The summed E-state index contributed by atoms with van der Waals surface area (Å²) in [6, 6.07) is 9.20. The molecule has 5 nitrogen and oxygen atoms in total. The SMILES string of the molecule is CCn1cc(C(=O)/C=C/c2ccc(COc3c(C)cccc3Cl)o2)cn1. The molecule has 0 fully saturated rings. The highest BCUT2D eigenvalue weighted by atomic mass is 35.5. The summed E-state index contributed by atoms with van der Waals surface area (Å²) in [5, 5.41) is 4.66. The van der Waals surface area contributed by atoms with Crippen molar-refractivity contribution in [3.63, 3.8) is 0 Å². The minimum Gasteiger partial charge on any atom is -0.484 e. The average Bonchev–Trinajstić information content (AvgIpc) is 3.28. The van der Waals surface area contributed by atoms with Crippen LogP contribution in [-0.4, -0.2) is 15.6 Å². The van der Waals surface area contributed by atoms with Crippen LogP contribution in [0, 0.1) is 6.92 Å². The molecule has 0 aliphatic heterocycles. The topological polar surface area (TPSA) is 57.3 Å². The lowest BCUT2D eigenvalue weighted by molar-refractivity contribution is 0.104. The molecule has 0 amide bonds. The molecule has 3 rings (SSSR count). The number of para-hydroxylation sites is 1. The van der Waals surface area contributed by atoms with Crippen LogP contribution in [0.5, 0.6) is 5.75 Å². The molecule has 26 heavy (non-hydrogen) atoms. The predicted molar refractivity (Wildman–Crippen MR) is 100 cm³/mol. The highest BCUT2D eigenvalue weighted by Crippen LogP contribution is 2.28. The van der Waals surface area contributed by atoms with Crippen LogP contribution in [0.4, 0.5) is 0 Å². The molecule has 0 saturated heterocycles. The highest BCUT2D eigenvalue weighted by molar-refractivity contribution is 6.32. The van der Waals surface area contributed by atoms with E-state index in [0.29, 0.717) is 27.9 Å². The number of carbonyl (C=O) groups is 1. The molecule has 3 aromatic rings. The molecule has 0 unspecified atom stereocenters. The van der Waals surface area contributed by atoms with Crippen LogP contribution in [0.2, 0.25) is 5.02 Å². The summed E-state index contributed by atoms with van der Waals surface area (Å²) in [4.78, 5) is 12.1. The first-order valence-electron chi connectivity index (χ1n) is 8.28. The Morgan fingerprint density at radius 1 is 1.35 bits per heavy atom. The van der Waals surface area contributed by atoms with E-state index in [4.69, 9.17) is 20.8 Å². The quantitative estimate of drug-likeness (QED) is 0.437. The Morgan fingerprint density at radius 2 is 2.19 bits per heavy atom. The summed E-state index contributed by atoms with van der Waals surface area (Å²) >= 11 is 6.14. The van der Waals surface area contributed by atoms with Crippen molar-refractivity contribution in [1.29, 1.82) is 0 Å². The summed E-state index contributed by atoms with van der Waals surface area (Å²) in [6.07, 6.45) is 6.39. The second-order valence-corrected chi connectivity index (χ2v) is 6.17. The van der Waals surface area contributed by atoms with Crippen LogP contribution < -0.4 is 4.74 Å². The molecule has 1 aromatic carbocycles. The number of ketones is 1. The third-order valence-electron chi connectivity index (χ3n) is 3.85. The largest absolute Gasteiger partial charge is 0.484 e. The molecule has 0 bridgehead atoms. The number of allylic oxidation sites excluding steroid dienone is 1. The number of aromatic nitrogens is 2. The second-order valence-electron chi connectivity index (χ2n) is 5.76. The standard InChI is InChI=1S/C20H19ClN2O3/c1-3-23-12-15(11-22-23)19(24)10-9-16-7-8-17(26-16)13-25-20-14(2)5-4-6-18(20)21/h4-12H,3,13H2,1-2H3/b10-9+. The van der Waals surface area contributed by atoms with Gasteiger partial charge in [0.25, 0.3) is 0 Å². The molecule has 0 N–H and O–H groups in total. The van der Waals surface area contributed by atoms with E-state index in [9.17, 15) is 4.79 Å². The Balaban J connectivity index is 1.61. The van der Waals surface area contributed by atoms with Crippen molar-refractivity contribution in [3.05, 3.63) is 76.5 Å². The first kappa shape index (κ1) is 18.0. The van der Waals surface area contributed by atoms with Crippen LogP contribution in [0.1, 0.15) is 34.4 Å². The summed E-state index contributed by atoms with van der Waals surface area (Å²) in [5.74, 6) is 1.75. The average molecular weight is 371 g/mol. The van der Waals surface area contributed by atoms with E-state index in [2.05, 4.69) is 5.10 Å². The maximum absolute atomic E-state index is 12.1. The van der Waals surface area contributed by atoms with Crippen molar-refractivity contribution in [2.45, 2.75) is 27.0 Å². The number of ether oxygens (including phenoxy) is 1. The van der Waals surface area contributed by atoms with E-state index in [-0.39, 0.29) is 12.4 Å². The number of hydrogen-bond acceptors (Lipinski definition) is 4. The molecule has 0 aliphatic rings. The lowest BCUT2D eigenvalue weighted by Crippen LogP contribution is -1.96. The smallest absolute Gasteiger partial charge is 0.189 e. The molecule has 0 atom stereocenters. The van der Waals surface area contributed by atoms with Crippen molar-refractivity contribution in [1.82, 2.24) is 9.78 Å². The third-order valence-corrected chi connectivity index (χ3v) is 4.14. The minimum absolute atomic E-state index is 0.120. The van der Waals surface area contributed by atoms with Crippen LogP contribution in [0.15, 0.2) is 53.2 Å². The van der Waals surface area contributed by atoms with Crippen molar-refractivity contribution in [2.24, 2.45) is 0 Å². The fraction of sp³-hybridized carbons (Fsp3) is 0.200. The number of benzene rings is 1. The molecule has 0 radical (unpaired) electrons. The van der Waals surface area contributed by atoms with Gasteiger partial charge < -0.3 is 9.15 Å². The molecule has 134 valence electrons. The van der Waals surface area contributed by atoms with Gasteiger partial charge >= 0.3 is 0 Å². The summed E-state index contributed by atoms with van der Waals surface area (Å²) in [6.45, 7) is 4.89. The Bertz CT molecular complexity index is 920. The highest BCUT2D eigenvalue weighted by Gasteiger charge is 2.08. The Labute approximate surface area is 156 Å². The van der Waals surface area contributed by atoms with Crippen molar-refractivity contribution >= 4 is 23.5 Å². The Hall–Kier alpha value is -2.79. The molecule has 0 spiro atoms. The van der Waals surface area contributed by atoms with Gasteiger partial charge in [-0.1, -0.05) is 23.7 Å². The van der Waals surface area contributed by atoms with Gasteiger partial charge in [0.2, 0.25) is 0 Å². The van der Waals surface area contributed by atoms with Crippen molar-refractivity contribution in [3.8, 4) is 5.75 Å². The molecule has 0 aliphatic carbocycles. The predicted octanol–water partition coefficient (Wildman–Crippen LogP) is 4.93. The molecular formula is C20H19ClN2O3. The number of hydrogen-bond donors (Lipinski definition) is 0. The van der Waals surface area contributed by atoms with E-state index in [1.165, 1.54) is 6.08 Å². The van der Waals surface area contributed by atoms with Gasteiger partial charge in [-0.05, 0) is 49.8 Å².